The van der Waals surface area contributed by atoms with Crippen LogP contribution in [0.2, 0.25) is 0 Å². The van der Waals surface area contributed by atoms with Crippen molar-refractivity contribution in [2.45, 2.75) is 13.0 Å². The van der Waals surface area contributed by atoms with Crippen molar-refractivity contribution < 1.29 is 28.7 Å². The number of carbonyl (C=O) groups excluding carboxylic acids is 2. The maximum absolute atomic E-state index is 12.2. The van der Waals surface area contributed by atoms with E-state index in [-0.39, 0.29) is 11.4 Å². The van der Waals surface area contributed by atoms with Crippen LogP contribution in [0.3, 0.4) is 0 Å². The van der Waals surface area contributed by atoms with Crippen molar-refractivity contribution in [3.63, 3.8) is 0 Å². The van der Waals surface area contributed by atoms with Crippen molar-refractivity contribution in [2.24, 2.45) is 0 Å². The van der Waals surface area contributed by atoms with Gasteiger partial charge in [-0.15, -0.1) is 0 Å². The highest BCUT2D eigenvalue weighted by atomic mass is 16.6. The number of rotatable bonds is 8. The molecule has 2 rings (SSSR count). The lowest BCUT2D eigenvalue weighted by Crippen LogP contribution is -2.29. The van der Waals surface area contributed by atoms with Crippen molar-refractivity contribution in [1.29, 1.82) is 0 Å². The molecule has 0 saturated carbocycles. The number of nitro benzene ring substituents is 1. The lowest BCUT2D eigenvalue weighted by atomic mass is 10.1. The molecule has 0 aliphatic carbocycles. The van der Waals surface area contributed by atoms with Crippen molar-refractivity contribution in [3.8, 4) is 11.5 Å². The Hall–Kier alpha value is -3.88. The van der Waals surface area contributed by atoms with E-state index < -0.39 is 22.9 Å². The third kappa shape index (κ3) is 5.80. The minimum atomic E-state index is -1.11. The Morgan fingerprint density at radius 3 is 2.52 bits per heavy atom. The molecule has 0 heterocycles. The highest BCUT2D eigenvalue weighted by Gasteiger charge is 2.18. The molecule has 1 N–H and O–H groups in total. The molecular formula is C20H20N2O7. The summed E-state index contributed by atoms with van der Waals surface area (Å²) in [6.45, 7) is 1.39. The predicted octanol–water partition coefficient (Wildman–Crippen LogP) is 3.20. The van der Waals surface area contributed by atoms with Gasteiger partial charge < -0.3 is 19.5 Å². The van der Waals surface area contributed by atoms with Gasteiger partial charge in [-0.05, 0) is 25.1 Å². The molecule has 0 aromatic heterocycles. The highest BCUT2D eigenvalue weighted by Crippen LogP contribution is 2.31. The van der Waals surface area contributed by atoms with Gasteiger partial charge >= 0.3 is 5.97 Å². The minimum Gasteiger partial charge on any atom is -0.493 e. The van der Waals surface area contributed by atoms with Gasteiger partial charge in [-0.1, -0.05) is 18.2 Å². The fourth-order valence-corrected chi connectivity index (χ4v) is 2.41. The molecule has 152 valence electrons. The number of para-hydroxylation sites is 1. The van der Waals surface area contributed by atoms with Crippen LogP contribution in [-0.2, 0) is 14.3 Å². The van der Waals surface area contributed by atoms with Crippen LogP contribution in [0.25, 0.3) is 6.08 Å². The summed E-state index contributed by atoms with van der Waals surface area (Å²) >= 11 is 0. The Bertz CT molecular complexity index is 940. The molecule has 9 nitrogen and oxygen atoms in total. The second-order valence-corrected chi connectivity index (χ2v) is 5.79. The van der Waals surface area contributed by atoms with Crippen LogP contribution in [0.5, 0.6) is 11.5 Å². The molecule has 1 amide bonds. The molecule has 0 bridgehead atoms. The van der Waals surface area contributed by atoms with Crippen molar-refractivity contribution >= 4 is 29.3 Å². The average molecular weight is 400 g/mol. The summed E-state index contributed by atoms with van der Waals surface area (Å²) in [6, 6.07) is 10.6. The Labute approximate surface area is 167 Å². The fraction of sp³-hybridized carbons (Fsp3) is 0.200. The van der Waals surface area contributed by atoms with Gasteiger partial charge in [-0.25, -0.2) is 4.79 Å². The number of anilines is 1. The first-order valence-electron chi connectivity index (χ1n) is 8.50. The summed E-state index contributed by atoms with van der Waals surface area (Å²) < 4.78 is 15.5. The van der Waals surface area contributed by atoms with Crippen LogP contribution in [0, 0.1) is 10.1 Å². The second-order valence-electron chi connectivity index (χ2n) is 5.79. The first-order chi connectivity index (χ1) is 13.8. The van der Waals surface area contributed by atoms with Gasteiger partial charge in [0.25, 0.3) is 11.6 Å². The maximum atomic E-state index is 12.2. The molecule has 9 heteroatoms. The topological polar surface area (TPSA) is 117 Å². The lowest BCUT2D eigenvalue weighted by Gasteiger charge is -2.12. The molecule has 0 fully saturated rings. The van der Waals surface area contributed by atoms with E-state index in [1.165, 1.54) is 51.5 Å². The summed E-state index contributed by atoms with van der Waals surface area (Å²) in [5.74, 6) is -0.397. The fourth-order valence-electron chi connectivity index (χ4n) is 2.41. The van der Waals surface area contributed by atoms with Gasteiger partial charge in [0.2, 0.25) is 0 Å². The van der Waals surface area contributed by atoms with Crippen LogP contribution < -0.4 is 14.8 Å². The van der Waals surface area contributed by atoms with E-state index in [1.807, 2.05) is 0 Å². The monoisotopic (exact) mass is 400 g/mol. The normalized spacial score (nSPS) is 11.6. The number of carbonyl (C=O) groups is 2. The number of nitrogens with zero attached hydrogens (tertiary/aromatic N) is 1. The van der Waals surface area contributed by atoms with E-state index in [1.54, 1.807) is 18.2 Å². The third-order valence-corrected chi connectivity index (χ3v) is 3.82. The maximum Gasteiger partial charge on any atom is 0.331 e. The number of hydrogen-bond acceptors (Lipinski definition) is 7. The van der Waals surface area contributed by atoms with Gasteiger partial charge in [0.1, 0.15) is 0 Å². The van der Waals surface area contributed by atoms with Crippen molar-refractivity contribution in [3.05, 3.63) is 64.2 Å². The average Bonchev–Trinajstić information content (AvgIpc) is 2.71. The van der Waals surface area contributed by atoms with E-state index in [9.17, 15) is 19.7 Å². The van der Waals surface area contributed by atoms with E-state index >= 15 is 0 Å². The summed E-state index contributed by atoms with van der Waals surface area (Å²) in [5.41, 5.74) is 0.656. The van der Waals surface area contributed by atoms with E-state index in [0.717, 1.165) is 6.08 Å². The van der Waals surface area contributed by atoms with Crippen molar-refractivity contribution in [1.82, 2.24) is 0 Å². The third-order valence-electron chi connectivity index (χ3n) is 3.82. The second kappa shape index (κ2) is 9.88. The summed E-state index contributed by atoms with van der Waals surface area (Å²) in [5, 5.41) is 13.3. The Morgan fingerprint density at radius 1 is 1.14 bits per heavy atom. The first kappa shape index (κ1) is 21.4. The highest BCUT2D eigenvalue weighted by molar-refractivity contribution is 5.97. The number of esters is 1. The number of benzene rings is 2. The molecule has 0 unspecified atom stereocenters. The number of non-ortho nitro benzene ring substituents is 1. The molecule has 1 atom stereocenters. The van der Waals surface area contributed by atoms with E-state index in [2.05, 4.69) is 5.32 Å². The zero-order valence-corrected chi connectivity index (χ0v) is 16.1. The van der Waals surface area contributed by atoms with Gasteiger partial charge in [0.05, 0.1) is 19.1 Å². The summed E-state index contributed by atoms with van der Waals surface area (Å²) in [7, 11) is 2.98. The summed E-state index contributed by atoms with van der Waals surface area (Å²) in [6.07, 6.45) is 1.53. The number of hydrogen-bond donors (Lipinski definition) is 1. The van der Waals surface area contributed by atoms with Crippen LogP contribution in [0.15, 0.2) is 48.5 Å². The molecule has 2 aromatic carbocycles. The van der Waals surface area contributed by atoms with Crippen LogP contribution in [-0.4, -0.2) is 37.1 Å². The molecule has 0 saturated heterocycles. The van der Waals surface area contributed by atoms with Crippen LogP contribution in [0.1, 0.15) is 12.5 Å². The van der Waals surface area contributed by atoms with Crippen LogP contribution >= 0.6 is 0 Å². The zero-order valence-electron chi connectivity index (χ0n) is 16.1. The largest absolute Gasteiger partial charge is 0.493 e. The Morgan fingerprint density at radius 2 is 1.86 bits per heavy atom. The molecule has 0 spiro atoms. The van der Waals surface area contributed by atoms with Gasteiger partial charge in [0.15, 0.2) is 17.6 Å². The van der Waals surface area contributed by atoms with E-state index in [4.69, 9.17) is 14.2 Å². The first-order valence-corrected chi connectivity index (χ1v) is 8.50. The molecule has 0 aliphatic heterocycles. The van der Waals surface area contributed by atoms with Crippen LogP contribution in [0.4, 0.5) is 11.4 Å². The molecule has 2 aromatic rings. The quantitative estimate of drug-likeness (QED) is 0.313. The number of nitrogens with one attached hydrogen (secondary N) is 1. The van der Waals surface area contributed by atoms with Gasteiger partial charge in [-0.3, -0.25) is 14.9 Å². The minimum absolute atomic E-state index is 0.164. The predicted molar refractivity (Wildman–Crippen MR) is 106 cm³/mol. The smallest absolute Gasteiger partial charge is 0.331 e. The molecule has 0 aliphatic rings. The Balaban J connectivity index is 2.00. The number of nitro groups is 1. The number of ether oxygens (including phenoxy) is 3. The summed E-state index contributed by atoms with van der Waals surface area (Å²) in [4.78, 5) is 34.4. The number of amides is 1. The lowest BCUT2D eigenvalue weighted by molar-refractivity contribution is -0.384. The molecule has 29 heavy (non-hydrogen) atoms. The Kier molecular flexibility index (Phi) is 7.30. The van der Waals surface area contributed by atoms with Gasteiger partial charge in [0, 0.05) is 29.5 Å². The van der Waals surface area contributed by atoms with Crippen molar-refractivity contribution in [2.75, 3.05) is 19.5 Å². The zero-order chi connectivity index (χ0) is 21.4. The SMILES string of the molecule is COc1cccc(/C=C/C(=O)O[C@H](C)C(=O)Nc2cccc([N+](=O)[O-])c2)c1OC. The molecule has 0 radical (unpaired) electrons. The standard InChI is InChI=1S/C20H20N2O7/c1-13(20(24)21-15-7-5-8-16(12-15)22(25)26)29-18(23)11-10-14-6-4-9-17(27-2)19(14)28-3/h4-13H,1-3H3,(H,21,24)/b11-10+/t13-/m1/s1. The molecular weight excluding hydrogens is 380 g/mol. The van der Waals surface area contributed by atoms with E-state index in [0.29, 0.717) is 17.1 Å². The number of methoxy groups -OCH3 is 2. The van der Waals surface area contributed by atoms with Gasteiger partial charge in [-0.2, -0.15) is 0 Å².